The summed E-state index contributed by atoms with van der Waals surface area (Å²) in [7, 11) is 0. The molecule has 0 radical (unpaired) electrons. The van der Waals surface area contributed by atoms with Crippen molar-refractivity contribution < 1.29 is 0 Å². The third-order valence-electron chi connectivity index (χ3n) is 5.49. The van der Waals surface area contributed by atoms with Crippen molar-refractivity contribution in [3.8, 4) is 17.1 Å². The van der Waals surface area contributed by atoms with E-state index in [1.807, 2.05) is 57.1 Å². The number of fused-ring (bicyclic) bond motifs is 1. The highest BCUT2D eigenvalue weighted by Gasteiger charge is 2.26. The van der Waals surface area contributed by atoms with E-state index in [0.29, 0.717) is 17.5 Å². The number of aromatic nitrogens is 4. The minimum absolute atomic E-state index is 0.357. The van der Waals surface area contributed by atoms with Gasteiger partial charge in [-0.15, -0.1) is 16.4 Å². The van der Waals surface area contributed by atoms with Crippen molar-refractivity contribution in [3.63, 3.8) is 0 Å². The van der Waals surface area contributed by atoms with Gasteiger partial charge >= 0.3 is 0 Å². The number of benzene rings is 1. The summed E-state index contributed by atoms with van der Waals surface area (Å²) in [5.74, 6) is 0.815. The van der Waals surface area contributed by atoms with Crippen LogP contribution in [-0.2, 0) is 13.1 Å². The van der Waals surface area contributed by atoms with Crippen LogP contribution in [0.5, 0.6) is 0 Å². The van der Waals surface area contributed by atoms with E-state index >= 15 is 0 Å². The van der Waals surface area contributed by atoms with Gasteiger partial charge in [-0.25, -0.2) is 4.68 Å². The molecular weight excluding hydrogens is 398 g/mol. The average molecular weight is 420 g/mol. The second-order valence-corrected chi connectivity index (χ2v) is 8.56. The molecule has 5 nitrogen and oxygen atoms in total. The molecular formula is C22H21N5S2. The van der Waals surface area contributed by atoms with Gasteiger partial charge in [-0.3, -0.25) is 14.5 Å². The van der Waals surface area contributed by atoms with Crippen LogP contribution in [-0.4, -0.2) is 30.8 Å². The molecule has 4 aromatic rings. The van der Waals surface area contributed by atoms with Crippen LogP contribution in [0.15, 0.2) is 66.3 Å². The highest BCUT2D eigenvalue weighted by Crippen LogP contribution is 2.33. The Hall–Kier alpha value is -2.61. The predicted octanol–water partition coefficient (Wildman–Crippen LogP) is 5.10. The molecule has 0 saturated heterocycles. The molecule has 0 amide bonds. The van der Waals surface area contributed by atoms with E-state index in [4.69, 9.17) is 17.3 Å². The van der Waals surface area contributed by atoms with Gasteiger partial charge < -0.3 is 0 Å². The number of nitrogens with zero attached hydrogens (tertiary/aromatic N) is 5. The van der Waals surface area contributed by atoms with E-state index in [0.717, 1.165) is 30.0 Å². The Morgan fingerprint density at radius 2 is 2.00 bits per heavy atom. The van der Waals surface area contributed by atoms with Crippen LogP contribution in [0.4, 0.5) is 0 Å². The highest BCUT2D eigenvalue weighted by molar-refractivity contribution is 7.71. The molecule has 0 saturated carbocycles. The molecule has 0 N–H and O–H groups in total. The lowest BCUT2D eigenvalue weighted by molar-refractivity contribution is 0.144. The van der Waals surface area contributed by atoms with Crippen molar-refractivity contribution in [1.29, 1.82) is 0 Å². The van der Waals surface area contributed by atoms with Gasteiger partial charge in [0.1, 0.15) is 0 Å². The molecule has 4 heterocycles. The number of hydrogen-bond acceptors (Lipinski definition) is 5. The van der Waals surface area contributed by atoms with E-state index < -0.39 is 0 Å². The van der Waals surface area contributed by atoms with Crippen LogP contribution >= 0.6 is 23.6 Å². The Morgan fingerprint density at radius 3 is 2.79 bits per heavy atom. The molecule has 29 heavy (non-hydrogen) atoms. The number of rotatable bonds is 4. The van der Waals surface area contributed by atoms with Crippen molar-refractivity contribution in [2.45, 2.75) is 26.1 Å². The molecule has 1 atom stereocenters. The molecule has 0 aliphatic carbocycles. The van der Waals surface area contributed by atoms with E-state index in [9.17, 15) is 0 Å². The molecule has 0 spiro atoms. The van der Waals surface area contributed by atoms with E-state index in [1.54, 1.807) is 6.20 Å². The second-order valence-electron chi connectivity index (χ2n) is 7.20. The number of thiophene rings is 1. The van der Waals surface area contributed by atoms with Gasteiger partial charge in [0.15, 0.2) is 5.82 Å². The summed E-state index contributed by atoms with van der Waals surface area (Å²) >= 11 is 7.74. The predicted molar refractivity (Wildman–Crippen MR) is 119 cm³/mol. The van der Waals surface area contributed by atoms with Gasteiger partial charge in [0.2, 0.25) is 4.77 Å². The summed E-state index contributed by atoms with van der Waals surface area (Å²) in [6.45, 7) is 3.95. The van der Waals surface area contributed by atoms with Crippen LogP contribution in [0.25, 0.3) is 17.1 Å². The van der Waals surface area contributed by atoms with Crippen LogP contribution in [0.1, 0.15) is 23.4 Å². The molecule has 0 bridgehead atoms. The SMILES string of the molecule is C[C@@H]1c2ccsc2CCN1Cn1nc(-c2cccnc2)n(-c2ccccc2)c1=S. The number of hydrogen-bond donors (Lipinski definition) is 0. The standard InChI is InChI=1S/C22H21N5S2/c1-16-19-10-13-29-20(19)9-12-25(16)15-26-22(28)27(18-7-3-2-4-8-18)21(24-26)17-6-5-11-23-14-17/h2-8,10-11,13-14,16H,9,12,15H2,1H3/t16-/m1/s1. The third kappa shape index (κ3) is 3.35. The Morgan fingerprint density at radius 1 is 1.14 bits per heavy atom. The first-order valence-electron chi connectivity index (χ1n) is 9.68. The molecule has 3 aromatic heterocycles. The molecule has 1 aliphatic rings. The van der Waals surface area contributed by atoms with E-state index in [2.05, 4.69) is 40.4 Å². The zero-order valence-electron chi connectivity index (χ0n) is 16.1. The maximum atomic E-state index is 5.88. The summed E-state index contributed by atoms with van der Waals surface area (Å²) < 4.78 is 4.67. The van der Waals surface area contributed by atoms with Gasteiger partial charge in [0, 0.05) is 41.1 Å². The van der Waals surface area contributed by atoms with Gasteiger partial charge in [-0.1, -0.05) is 18.2 Å². The molecule has 0 unspecified atom stereocenters. The van der Waals surface area contributed by atoms with Gasteiger partial charge in [-0.05, 0) is 66.8 Å². The fraction of sp³-hybridized carbons (Fsp3) is 0.227. The van der Waals surface area contributed by atoms with Crippen molar-refractivity contribution in [2.75, 3.05) is 6.54 Å². The summed E-state index contributed by atoms with van der Waals surface area (Å²) in [6.07, 6.45) is 4.69. The molecule has 1 aromatic carbocycles. The van der Waals surface area contributed by atoms with Crippen LogP contribution in [0.3, 0.4) is 0 Å². The first kappa shape index (κ1) is 18.4. The monoisotopic (exact) mass is 419 g/mol. The van der Waals surface area contributed by atoms with E-state index in [-0.39, 0.29) is 0 Å². The minimum Gasteiger partial charge on any atom is -0.277 e. The maximum absolute atomic E-state index is 5.88. The van der Waals surface area contributed by atoms with Crippen molar-refractivity contribution in [1.82, 2.24) is 24.2 Å². The fourth-order valence-electron chi connectivity index (χ4n) is 3.92. The van der Waals surface area contributed by atoms with E-state index in [1.165, 1.54) is 10.4 Å². The molecule has 1 aliphatic heterocycles. The molecule has 7 heteroatoms. The van der Waals surface area contributed by atoms with Gasteiger partial charge in [0.05, 0.1) is 6.67 Å². The minimum atomic E-state index is 0.357. The lowest BCUT2D eigenvalue weighted by Crippen LogP contribution is -2.35. The maximum Gasteiger partial charge on any atom is 0.204 e. The van der Waals surface area contributed by atoms with Crippen molar-refractivity contribution in [2.24, 2.45) is 0 Å². The lowest BCUT2D eigenvalue weighted by atomic mass is 10.0. The highest BCUT2D eigenvalue weighted by atomic mass is 32.1. The summed E-state index contributed by atoms with van der Waals surface area (Å²) in [5.41, 5.74) is 3.39. The zero-order valence-corrected chi connectivity index (χ0v) is 17.7. The quantitative estimate of drug-likeness (QED) is 0.431. The first-order chi connectivity index (χ1) is 14.2. The smallest absolute Gasteiger partial charge is 0.204 e. The zero-order chi connectivity index (χ0) is 19.8. The van der Waals surface area contributed by atoms with Crippen LogP contribution < -0.4 is 0 Å². The topological polar surface area (TPSA) is 38.9 Å². The lowest BCUT2D eigenvalue weighted by Gasteiger charge is -2.33. The van der Waals surface area contributed by atoms with Crippen molar-refractivity contribution >= 4 is 23.6 Å². The summed E-state index contributed by atoms with van der Waals surface area (Å²) in [6, 6.07) is 16.7. The van der Waals surface area contributed by atoms with Crippen LogP contribution in [0.2, 0.25) is 0 Å². The first-order valence-corrected chi connectivity index (χ1v) is 11.0. The number of pyridine rings is 1. The number of para-hydroxylation sites is 1. The Balaban J connectivity index is 1.56. The summed E-state index contributed by atoms with van der Waals surface area (Å²) in [4.78, 5) is 8.22. The molecule has 0 fully saturated rings. The van der Waals surface area contributed by atoms with Crippen LogP contribution in [0, 0.1) is 4.77 Å². The largest absolute Gasteiger partial charge is 0.277 e. The van der Waals surface area contributed by atoms with Gasteiger partial charge in [0.25, 0.3) is 0 Å². The van der Waals surface area contributed by atoms with Crippen molar-refractivity contribution in [3.05, 3.63) is 81.5 Å². The molecule has 146 valence electrons. The van der Waals surface area contributed by atoms with Gasteiger partial charge in [-0.2, -0.15) is 0 Å². The average Bonchev–Trinajstić information content (AvgIpc) is 3.37. The Labute approximate surface area is 178 Å². The molecule has 5 rings (SSSR count). The Bertz CT molecular complexity index is 1180. The third-order valence-corrected chi connectivity index (χ3v) is 6.88. The fourth-order valence-corrected chi connectivity index (χ4v) is 5.17. The normalized spacial score (nSPS) is 16.7. The summed E-state index contributed by atoms with van der Waals surface area (Å²) in [5, 5.41) is 7.12. The second kappa shape index (κ2) is 7.67. The Kier molecular flexibility index (Phi) is 4.87.